The Kier molecular flexibility index (Phi) is 10.7. The first kappa shape index (κ1) is 28.6. The molecule has 0 aliphatic heterocycles. The predicted molar refractivity (Wildman–Crippen MR) is 123 cm³/mol. The zero-order valence-electron chi connectivity index (χ0n) is 19.8. The Labute approximate surface area is 183 Å². The van der Waals surface area contributed by atoms with Gasteiger partial charge < -0.3 is 14.9 Å². The van der Waals surface area contributed by atoms with Crippen LogP contribution >= 0.6 is 0 Å². The van der Waals surface area contributed by atoms with Crippen LogP contribution in [0.15, 0.2) is 30.3 Å². The zero-order valence-corrected chi connectivity index (χ0v) is 21.6. The lowest BCUT2D eigenvalue weighted by Crippen LogP contribution is -2.43. The number of nitrogens with two attached hydrogens (primary N) is 1. The van der Waals surface area contributed by atoms with E-state index >= 15 is 0 Å². The van der Waals surface area contributed by atoms with E-state index in [1.54, 1.807) is 20.8 Å². The summed E-state index contributed by atoms with van der Waals surface area (Å²) >= 11 is 0. The lowest BCUT2D eigenvalue weighted by molar-refractivity contribution is 0.0600. The molecule has 0 aliphatic carbocycles. The van der Waals surface area contributed by atoms with E-state index in [0.717, 1.165) is 11.8 Å². The van der Waals surface area contributed by atoms with Gasteiger partial charge in [0.25, 0.3) is 10.1 Å². The first-order valence-electron chi connectivity index (χ1n) is 9.87. The van der Waals surface area contributed by atoms with E-state index in [0.29, 0.717) is 13.0 Å². The molecule has 0 radical (unpaired) electrons. The average Bonchev–Trinajstić information content (AvgIpc) is 2.49. The van der Waals surface area contributed by atoms with E-state index in [1.807, 2.05) is 30.3 Å². The Balaban J connectivity index is 0.000000890. The first-order chi connectivity index (χ1) is 13.3. The molecular weight excluding hydrogens is 422 g/mol. The molecule has 0 heterocycles. The van der Waals surface area contributed by atoms with Crippen molar-refractivity contribution in [3.63, 3.8) is 0 Å². The third kappa shape index (κ3) is 13.7. The lowest BCUT2D eigenvalue weighted by Gasteiger charge is -2.37. The van der Waals surface area contributed by atoms with Crippen LogP contribution in [0.4, 0.5) is 4.79 Å². The molecule has 1 atom stereocenters. The van der Waals surface area contributed by atoms with Gasteiger partial charge in [0.1, 0.15) is 11.7 Å². The van der Waals surface area contributed by atoms with Gasteiger partial charge in [-0.25, -0.2) is 4.79 Å². The highest BCUT2D eigenvalue weighted by molar-refractivity contribution is 7.86. The van der Waals surface area contributed by atoms with E-state index in [2.05, 4.69) is 38.6 Å². The van der Waals surface area contributed by atoms with Gasteiger partial charge in [-0.2, -0.15) is 8.42 Å². The molecule has 174 valence electrons. The van der Waals surface area contributed by atoms with Crippen molar-refractivity contribution in [3.05, 3.63) is 35.9 Å². The van der Waals surface area contributed by atoms with Crippen LogP contribution in [0.1, 0.15) is 47.1 Å². The minimum Gasteiger partial charge on any atom is -0.444 e. The number of ether oxygens (including phenoxy) is 1. The van der Waals surface area contributed by atoms with Gasteiger partial charge in [0, 0.05) is 6.42 Å². The third-order valence-corrected chi connectivity index (χ3v) is 9.58. The molecule has 9 heteroatoms. The fraction of sp³-hybridized carbons (Fsp3) is 0.667. The minimum absolute atomic E-state index is 0.0788. The molecule has 0 fully saturated rings. The number of amides is 1. The number of carbonyl (C=O) groups is 1. The molecule has 2 N–H and O–H groups in total. The van der Waals surface area contributed by atoms with Gasteiger partial charge in [-0.15, -0.1) is 0 Å². The topological polar surface area (TPSA) is 105 Å². The second-order valence-electron chi connectivity index (χ2n) is 9.72. The number of benzene rings is 1. The van der Waals surface area contributed by atoms with Gasteiger partial charge in [0.2, 0.25) is 0 Å². The van der Waals surface area contributed by atoms with Crippen LogP contribution in [0.5, 0.6) is 0 Å². The molecule has 1 amide bonds. The van der Waals surface area contributed by atoms with Crippen LogP contribution in [0.25, 0.3) is 0 Å². The highest BCUT2D eigenvalue weighted by atomic mass is 32.2. The second kappa shape index (κ2) is 11.3. The standard InChI is InChI=1S/C16H28O4SSi.C5H11NO2/c1-16(2,3)22(5,6)19-13-15(20-21(4,17)18)12-14-10-8-7-9-11-14;1-5(2,3)8-4(6)7/h7-11,15H,12-13H2,1-6H3;1-3H3,(H2,6,7)/t15-;/m0./s1. The van der Waals surface area contributed by atoms with Crippen LogP contribution < -0.4 is 5.73 Å². The molecule has 0 aromatic heterocycles. The molecule has 0 saturated heterocycles. The SMILES string of the molecule is CC(C)(C)OC(N)=O.CC(C)(C)[Si](C)(C)OC[C@H](Cc1ccccc1)OS(C)(=O)=O. The van der Waals surface area contributed by atoms with Crippen LogP contribution in [0.3, 0.4) is 0 Å². The van der Waals surface area contributed by atoms with Crippen LogP contribution in [0.2, 0.25) is 18.1 Å². The van der Waals surface area contributed by atoms with Crippen molar-refractivity contribution in [2.75, 3.05) is 12.9 Å². The smallest absolute Gasteiger partial charge is 0.405 e. The summed E-state index contributed by atoms with van der Waals surface area (Å²) in [6.45, 7) is 16.3. The Morgan fingerprint density at radius 3 is 1.90 bits per heavy atom. The highest BCUT2D eigenvalue weighted by Gasteiger charge is 2.38. The van der Waals surface area contributed by atoms with Gasteiger partial charge in [0.05, 0.1) is 12.9 Å². The molecule has 1 aromatic carbocycles. The molecule has 0 spiro atoms. The minimum atomic E-state index is -3.51. The van der Waals surface area contributed by atoms with Crippen molar-refractivity contribution in [1.29, 1.82) is 0 Å². The van der Waals surface area contributed by atoms with E-state index < -0.39 is 36.2 Å². The summed E-state index contributed by atoms with van der Waals surface area (Å²) in [6, 6.07) is 9.72. The molecule has 0 aliphatic rings. The Morgan fingerprint density at radius 2 is 1.57 bits per heavy atom. The maximum Gasteiger partial charge on any atom is 0.405 e. The van der Waals surface area contributed by atoms with Gasteiger partial charge >= 0.3 is 6.09 Å². The summed E-state index contributed by atoms with van der Waals surface area (Å²) in [7, 11) is -5.45. The molecule has 0 saturated carbocycles. The van der Waals surface area contributed by atoms with Crippen molar-refractivity contribution < 1.29 is 26.6 Å². The van der Waals surface area contributed by atoms with Crippen molar-refractivity contribution >= 4 is 24.5 Å². The summed E-state index contributed by atoms with van der Waals surface area (Å²) in [4.78, 5) is 10.0. The number of hydrogen-bond acceptors (Lipinski definition) is 6. The van der Waals surface area contributed by atoms with Crippen molar-refractivity contribution in [1.82, 2.24) is 0 Å². The van der Waals surface area contributed by atoms with Gasteiger partial charge in [-0.05, 0) is 44.5 Å². The quantitative estimate of drug-likeness (QED) is 0.474. The predicted octanol–water partition coefficient (Wildman–Crippen LogP) is 4.48. The summed E-state index contributed by atoms with van der Waals surface area (Å²) in [5, 5.41) is 0.0788. The zero-order chi connectivity index (χ0) is 23.8. The van der Waals surface area contributed by atoms with Crippen LogP contribution in [-0.2, 0) is 29.9 Å². The van der Waals surface area contributed by atoms with Gasteiger partial charge in [-0.1, -0.05) is 51.1 Å². The molecule has 30 heavy (non-hydrogen) atoms. The number of carbonyl (C=O) groups excluding carboxylic acids is 1. The van der Waals surface area contributed by atoms with Gasteiger partial charge in [0.15, 0.2) is 8.32 Å². The van der Waals surface area contributed by atoms with E-state index in [1.165, 1.54) is 0 Å². The molecule has 1 rings (SSSR count). The highest BCUT2D eigenvalue weighted by Crippen LogP contribution is 2.36. The monoisotopic (exact) mass is 461 g/mol. The molecule has 7 nitrogen and oxygen atoms in total. The maximum absolute atomic E-state index is 11.5. The first-order valence-corrected chi connectivity index (χ1v) is 14.6. The largest absolute Gasteiger partial charge is 0.444 e. The van der Waals surface area contributed by atoms with Gasteiger partial charge in [-0.3, -0.25) is 4.18 Å². The number of primary amides is 1. The molecule has 0 unspecified atom stereocenters. The molecule has 0 bridgehead atoms. The third-order valence-electron chi connectivity index (χ3n) is 4.46. The second-order valence-corrected chi connectivity index (χ2v) is 16.1. The van der Waals surface area contributed by atoms with E-state index in [4.69, 9.17) is 14.3 Å². The van der Waals surface area contributed by atoms with Crippen molar-refractivity contribution in [2.24, 2.45) is 5.73 Å². The van der Waals surface area contributed by atoms with Crippen molar-refractivity contribution in [2.45, 2.75) is 77.8 Å². The van der Waals surface area contributed by atoms with Crippen molar-refractivity contribution in [3.8, 4) is 0 Å². The summed E-state index contributed by atoms with van der Waals surface area (Å²) in [5.74, 6) is 0. The van der Waals surface area contributed by atoms with Crippen LogP contribution in [-0.4, -0.2) is 47.4 Å². The van der Waals surface area contributed by atoms with E-state index in [9.17, 15) is 13.2 Å². The fourth-order valence-electron chi connectivity index (χ4n) is 2.06. The molecule has 1 aromatic rings. The number of hydrogen-bond donors (Lipinski definition) is 1. The Hall–Kier alpha value is -1.42. The summed E-state index contributed by atoms with van der Waals surface area (Å²) in [6.07, 6.45) is 0.379. The lowest BCUT2D eigenvalue weighted by atomic mass is 10.1. The summed E-state index contributed by atoms with van der Waals surface area (Å²) in [5.41, 5.74) is 5.30. The Bertz CT molecular complexity index is 752. The van der Waals surface area contributed by atoms with Crippen LogP contribution in [0, 0.1) is 0 Å². The Morgan fingerprint density at radius 1 is 1.07 bits per heavy atom. The molecular formula is C21H39NO6SSi. The van der Waals surface area contributed by atoms with E-state index in [-0.39, 0.29) is 5.04 Å². The normalized spacial score (nSPS) is 13.8. The number of rotatable bonds is 7. The fourth-order valence-corrected chi connectivity index (χ4v) is 3.72. The maximum atomic E-state index is 11.5. The average molecular weight is 462 g/mol. The summed E-state index contributed by atoms with van der Waals surface area (Å²) < 4.78 is 38.9.